The number of aliphatic hydroxyl groups is 2. The fourth-order valence-corrected chi connectivity index (χ4v) is 4.57. The van der Waals surface area contributed by atoms with E-state index < -0.39 is 12.1 Å². The van der Waals surface area contributed by atoms with Crippen molar-refractivity contribution in [3.8, 4) is 0 Å². The first-order valence-corrected chi connectivity index (χ1v) is 18.0. The number of amides is 1. The second-order valence-electron chi connectivity index (χ2n) is 11.5. The van der Waals surface area contributed by atoms with Crippen LogP contribution in [0, 0.1) is 0 Å². The number of allylic oxidation sites excluding steroid dienone is 14. The normalized spacial score (nSPS) is 14.3. The number of carbonyl (C=O) groups is 1. The Morgan fingerprint density at radius 2 is 1.00 bits per heavy atom. The quantitative estimate of drug-likeness (QED) is 0.0552. The Kier molecular flexibility index (Phi) is 33.6. The Hall–Kier alpha value is -2.69. The molecule has 0 spiro atoms. The zero-order chi connectivity index (χ0) is 32.9. The second-order valence-corrected chi connectivity index (χ2v) is 11.5. The summed E-state index contributed by atoms with van der Waals surface area (Å²) in [5.74, 6) is -0.210. The molecule has 0 aliphatic carbocycles. The van der Waals surface area contributed by atoms with E-state index in [9.17, 15) is 15.0 Å². The van der Waals surface area contributed by atoms with E-state index in [4.69, 9.17) is 0 Å². The third-order valence-corrected chi connectivity index (χ3v) is 7.31. The molecule has 0 rings (SSSR count). The van der Waals surface area contributed by atoms with E-state index in [-0.39, 0.29) is 18.9 Å². The largest absolute Gasteiger partial charge is 0.394 e. The maximum Gasteiger partial charge on any atom is 0.224 e. The van der Waals surface area contributed by atoms with Gasteiger partial charge < -0.3 is 15.5 Å². The van der Waals surface area contributed by atoms with Crippen LogP contribution >= 0.6 is 0 Å². The van der Waals surface area contributed by atoms with Crippen LogP contribution in [-0.4, -0.2) is 34.9 Å². The Morgan fingerprint density at radius 3 is 1.51 bits per heavy atom. The molecule has 1 amide bonds. The predicted molar refractivity (Wildman–Crippen MR) is 197 cm³/mol. The number of unbranched alkanes of at least 4 members (excludes halogenated alkanes) is 10. The minimum Gasteiger partial charge on any atom is -0.394 e. The average molecular weight is 622 g/mol. The molecule has 0 saturated heterocycles. The molecule has 0 aromatic heterocycles. The third kappa shape index (κ3) is 32.5. The standard InChI is InChI=1S/C41H67NO3/c1-3-5-7-9-11-13-15-17-19-20-21-23-24-26-28-30-32-34-36-40(44)39(38-43)42-41(45)37-35-33-31-29-27-25-22-18-16-14-12-10-8-6-4-2/h6,8,12,14,18,20-22,26-29,33-36,39-40,43-44H,3-5,7,9-11,13,15-17,19,23-25,30-32,37-38H2,1-2H3,(H,42,45)/b8-6-,14-12-,21-20+,22-18-,28-26+,29-27-,35-33-,36-34+. The van der Waals surface area contributed by atoms with Crippen molar-refractivity contribution in [3.05, 3.63) is 97.2 Å². The van der Waals surface area contributed by atoms with Crippen molar-refractivity contribution in [1.29, 1.82) is 0 Å². The van der Waals surface area contributed by atoms with Crippen LogP contribution in [0.1, 0.15) is 136 Å². The van der Waals surface area contributed by atoms with Crippen LogP contribution in [0.15, 0.2) is 97.2 Å². The molecule has 0 fully saturated rings. The van der Waals surface area contributed by atoms with E-state index >= 15 is 0 Å². The van der Waals surface area contributed by atoms with Gasteiger partial charge in [0.2, 0.25) is 5.91 Å². The van der Waals surface area contributed by atoms with Gasteiger partial charge in [-0.05, 0) is 70.6 Å². The van der Waals surface area contributed by atoms with Crippen LogP contribution in [-0.2, 0) is 4.79 Å². The first-order chi connectivity index (χ1) is 22.2. The first kappa shape index (κ1) is 42.3. The van der Waals surface area contributed by atoms with Crippen molar-refractivity contribution >= 4 is 5.91 Å². The zero-order valence-electron chi connectivity index (χ0n) is 28.8. The highest BCUT2D eigenvalue weighted by Gasteiger charge is 2.17. The van der Waals surface area contributed by atoms with Gasteiger partial charge in [-0.2, -0.15) is 0 Å². The molecular formula is C41H67NO3. The molecule has 0 aliphatic rings. The Balaban J connectivity index is 3.90. The van der Waals surface area contributed by atoms with E-state index in [1.165, 1.54) is 57.8 Å². The number of hydrogen-bond acceptors (Lipinski definition) is 3. The highest BCUT2D eigenvalue weighted by Crippen LogP contribution is 2.10. The summed E-state index contributed by atoms with van der Waals surface area (Å²) in [5.41, 5.74) is 0. The third-order valence-electron chi connectivity index (χ3n) is 7.31. The van der Waals surface area contributed by atoms with Crippen molar-refractivity contribution in [3.63, 3.8) is 0 Å². The summed E-state index contributed by atoms with van der Waals surface area (Å²) >= 11 is 0. The molecule has 0 aromatic carbocycles. The van der Waals surface area contributed by atoms with Crippen LogP contribution in [0.4, 0.5) is 0 Å². The smallest absolute Gasteiger partial charge is 0.224 e. The fourth-order valence-electron chi connectivity index (χ4n) is 4.57. The van der Waals surface area contributed by atoms with Crippen LogP contribution in [0.25, 0.3) is 0 Å². The van der Waals surface area contributed by atoms with E-state index in [0.29, 0.717) is 0 Å². The monoisotopic (exact) mass is 622 g/mol. The lowest BCUT2D eigenvalue weighted by molar-refractivity contribution is -0.122. The lowest BCUT2D eigenvalue weighted by Crippen LogP contribution is -2.44. The van der Waals surface area contributed by atoms with Crippen LogP contribution in [0.5, 0.6) is 0 Å². The summed E-state index contributed by atoms with van der Waals surface area (Å²) in [6.45, 7) is 4.10. The molecule has 254 valence electrons. The first-order valence-electron chi connectivity index (χ1n) is 18.0. The molecule has 0 radical (unpaired) electrons. The average Bonchev–Trinajstić information content (AvgIpc) is 3.04. The van der Waals surface area contributed by atoms with Gasteiger partial charge in [-0.1, -0.05) is 156 Å². The maximum atomic E-state index is 12.2. The minimum atomic E-state index is -0.914. The molecule has 45 heavy (non-hydrogen) atoms. The van der Waals surface area contributed by atoms with Gasteiger partial charge >= 0.3 is 0 Å². The molecular weight excluding hydrogens is 554 g/mol. The molecule has 0 aromatic rings. The van der Waals surface area contributed by atoms with Crippen LogP contribution in [0.3, 0.4) is 0 Å². The molecule has 0 heterocycles. The highest BCUT2D eigenvalue weighted by atomic mass is 16.3. The Labute approximate surface area is 277 Å². The number of hydrogen-bond donors (Lipinski definition) is 3. The van der Waals surface area contributed by atoms with Crippen molar-refractivity contribution in [2.24, 2.45) is 0 Å². The van der Waals surface area contributed by atoms with Gasteiger partial charge in [-0.3, -0.25) is 4.79 Å². The molecule has 2 unspecified atom stereocenters. The summed E-state index contributed by atoms with van der Waals surface area (Å²) in [6, 6.07) is -0.704. The summed E-state index contributed by atoms with van der Waals surface area (Å²) in [4.78, 5) is 12.2. The second kappa shape index (κ2) is 35.8. The highest BCUT2D eigenvalue weighted by molar-refractivity contribution is 5.77. The molecule has 3 N–H and O–H groups in total. The van der Waals surface area contributed by atoms with Crippen molar-refractivity contribution in [2.75, 3.05) is 6.61 Å². The van der Waals surface area contributed by atoms with E-state index in [1.54, 1.807) is 6.08 Å². The van der Waals surface area contributed by atoms with E-state index in [1.807, 2.05) is 18.2 Å². The molecule has 0 bridgehead atoms. The van der Waals surface area contributed by atoms with Gasteiger partial charge in [-0.25, -0.2) is 0 Å². The van der Waals surface area contributed by atoms with Gasteiger partial charge in [0, 0.05) is 6.42 Å². The number of rotatable bonds is 30. The van der Waals surface area contributed by atoms with Crippen LogP contribution in [0.2, 0.25) is 0 Å². The number of nitrogens with one attached hydrogen (secondary N) is 1. The summed E-state index contributed by atoms with van der Waals surface area (Å²) in [6.07, 6.45) is 53.7. The minimum absolute atomic E-state index is 0.210. The molecule has 0 saturated carbocycles. The lowest BCUT2D eigenvalue weighted by Gasteiger charge is -2.19. The summed E-state index contributed by atoms with van der Waals surface area (Å²) in [7, 11) is 0. The number of carbonyl (C=O) groups excluding carboxylic acids is 1. The van der Waals surface area contributed by atoms with E-state index in [0.717, 1.165) is 57.8 Å². The molecule has 0 aliphatic heterocycles. The Bertz CT molecular complexity index is 890. The van der Waals surface area contributed by atoms with Crippen molar-refractivity contribution in [2.45, 2.75) is 148 Å². The lowest BCUT2D eigenvalue weighted by atomic mass is 10.1. The van der Waals surface area contributed by atoms with Crippen molar-refractivity contribution in [1.82, 2.24) is 5.32 Å². The van der Waals surface area contributed by atoms with Gasteiger partial charge in [-0.15, -0.1) is 0 Å². The molecule has 4 heteroatoms. The summed E-state index contributed by atoms with van der Waals surface area (Å²) in [5, 5.41) is 22.7. The van der Waals surface area contributed by atoms with E-state index in [2.05, 4.69) is 92.1 Å². The van der Waals surface area contributed by atoms with Crippen molar-refractivity contribution < 1.29 is 15.0 Å². The SMILES string of the molecule is CC/C=C\C/C=C\C/C=C\C/C=C\C/C=C\CC(=O)NC(CO)C(O)/C=C/CC/C=C/CC/C=C/CCCCCCCCCC. The maximum absolute atomic E-state index is 12.2. The van der Waals surface area contributed by atoms with Gasteiger partial charge in [0.25, 0.3) is 0 Å². The predicted octanol–water partition coefficient (Wildman–Crippen LogP) is 10.7. The molecule has 2 atom stereocenters. The fraction of sp³-hybridized carbons (Fsp3) is 0.585. The van der Waals surface area contributed by atoms with Gasteiger partial charge in [0.1, 0.15) is 0 Å². The van der Waals surface area contributed by atoms with Crippen LogP contribution < -0.4 is 5.32 Å². The molecule has 4 nitrogen and oxygen atoms in total. The topological polar surface area (TPSA) is 69.6 Å². The van der Waals surface area contributed by atoms with Gasteiger partial charge in [0.05, 0.1) is 18.8 Å². The zero-order valence-corrected chi connectivity index (χ0v) is 28.8. The van der Waals surface area contributed by atoms with Gasteiger partial charge in [0.15, 0.2) is 0 Å². The summed E-state index contributed by atoms with van der Waals surface area (Å²) < 4.78 is 0. The Morgan fingerprint density at radius 1 is 0.556 bits per heavy atom. The number of aliphatic hydroxyl groups excluding tert-OH is 2.